The number of nitro benzene ring substituents is 1. The van der Waals surface area contributed by atoms with Crippen LogP contribution in [0.2, 0.25) is 5.02 Å². The van der Waals surface area contributed by atoms with Crippen molar-refractivity contribution in [3.63, 3.8) is 0 Å². The number of carbonyl (C=O) groups excluding carboxylic acids is 1. The normalized spacial score (nSPS) is 11.6. The molecule has 0 spiro atoms. The number of anilines is 1. The number of aromatic nitrogens is 3. The van der Waals surface area contributed by atoms with Gasteiger partial charge in [-0.05, 0) is 43.7 Å². The minimum absolute atomic E-state index is 0.0207. The van der Waals surface area contributed by atoms with E-state index in [1.165, 1.54) is 23.9 Å². The number of thioether (sulfide) groups is 1. The van der Waals surface area contributed by atoms with Crippen molar-refractivity contribution in [2.45, 2.75) is 25.1 Å². The number of nitrogens with one attached hydrogen (secondary N) is 1. The van der Waals surface area contributed by atoms with Crippen LogP contribution in [0.15, 0.2) is 78.0 Å². The largest absolute Gasteiger partial charge is 0.481 e. The lowest BCUT2D eigenvalue weighted by Gasteiger charge is -2.17. The van der Waals surface area contributed by atoms with Crippen molar-refractivity contribution in [3.8, 4) is 11.4 Å². The molecule has 0 aliphatic carbocycles. The summed E-state index contributed by atoms with van der Waals surface area (Å²) in [6, 6.07) is 21.0. The van der Waals surface area contributed by atoms with Gasteiger partial charge in [0, 0.05) is 17.8 Å². The molecule has 1 aromatic heterocycles. The Morgan fingerprint density at radius 2 is 1.86 bits per heavy atom. The molecule has 0 aliphatic rings. The number of para-hydroxylation sites is 2. The van der Waals surface area contributed by atoms with Crippen molar-refractivity contribution in [1.29, 1.82) is 0 Å². The van der Waals surface area contributed by atoms with E-state index < -0.39 is 11.0 Å². The first-order valence-corrected chi connectivity index (χ1v) is 12.3. The van der Waals surface area contributed by atoms with Crippen molar-refractivity contribution in [2.75, 3.05) is 11.1 Å². The molecule has 1 heterocycles. The van der Waals surface area contributed by atoms with Crippen molar-refractivity contribution < 1.29 is 14.5 Å². The van der Waals surface area contributed by atoms with Gasteiger partial charge in [-0.15, -0.1) is 10.2 Å². The molecular formula is C25H22ClN5O4S. The van der Waals surface area contributed by atoms with Gasteiger partial charge in [-0.3, -0.25) is 19.5 Å². The molecule has 9 nitrogen and oxygen atoms in total. The number of aryl methyl sites for hydroxylation is 1. The standard InChI is InChI=1S/C25H22ClN5O4S/c1-16-12-13-19(31(33)34)14-21(16)27-23(32)15-36-25-29-28-24(30(25)18-8-4-3-5-9-18)17(2)35-22-11-7-6-10-20(22)26/h3-14,17H,15H2,1-2H3,(H,27,32). The first-order chi connectivity index (χ1) is 17.3. The van der Waals surface area contributed by atoms with Gasteiger partial charge < -0.3 is 10.1 Å². The van der Waals surface area contributed by atoms with Gasteiger partial charge in [-0.25, -0.2) is 0 Å². The quantitative estimate of drug-likeness (QED) is 0.162. The fraction of sp³-hybridized carbons (Fsp3) is 0.160. The second-order valence-electron chi connectivity index (χ2n) is 7.80. The number of ether oxygens (including phenoxy) is 1. The number of benzene rings is 3. The molecule has 4 rings (SSSR count). The van der Waals surface area contributed by atoms with E-state index in [-0.39, 0.29) is 17.3 Å². The molecule has 11 heteroatoms. The van der Waals surface area contributed by atoms with E-state index in [2.05, 4.69) is 15.5 Å². The maximum atomic E-state index is 12.7. The summed E-state index contributed by atoms with van der Waals surface area (Å²) < 4.78 is 7.89. The maximum Gasteiger partial charge on any atom is 0.271 e. The molecule has 0 aliphatic heterocycles. The van der Waals surface area contributed by atoms with Gasteiger partial charge >= 0.3 is 0 Å². The van der Waals surface area contributed by atoms with E-state index >= 15 is 0 Å². The van der Waals surface area contributed by atoms with Gasteiger partial charge in [0.2, 0.25) is 5.91 Å². The minimum Gasteiger partial charge on any atom is -0.481 e. The summed E-state index contributed by atoms with van der Waals surface area (Å²) in [5.41, 5.74) is 1.83. The van der Waals surface area contributed by atoms with Crippen LogP contribution in [0.3, 0.4) is 0 Å². The molecular weight excluding hydrogens is 502 g/mol. The number of amides is 1. The predicted molar refractivity (Wildman–Crippen MR) is 139 cm³/mol. The summed E-state index contributed by atoms with van der Waals surface area (Å²) in [4.78, 5) is 23.3. The smallest absolute Gasteiger partial charge is 0.271 e. The zero-order chi connectivity index (χ0) is 25.7. The molecule has 3 aromatic carbocycles. The summed E-state index contributed by atoms with van der Waals surface area (Å²) >= 11 is 7.45. The first kappa shape index (κ1) is 25.2. The maximum absolute atomic E-state index is 12.7. The van der Waals surface area contributed by atoms with E-state index in [1.54, 1.807) is 25.1 Å². The molecule has 1 unspecified atom stereocenters. The van der Waals surface area contributed by atoms with Crippen molar-refractivity contribution in [1.82, 2.24) is 14.8 Å². The third kappa shape index (κ3) is 5.84. The lowest BCUT2D eigenvalue weighted by atomic mass is 10.2. The van der Waals surface area contributed by atoms with Crippen LogP contribution in [-0.4, -0.2) is 31.3 Å². The fourth-order valence-corrected chi connectivity index (χ4v) is 4.36. The Kier molecular flexibility index (Phi) is 7.87. The van der Waals surface area contributed by atoms with Crippen molar-refractivity contribution in [2.24, 2.45) is 0 Å². The molecule has 1 atom stereocenters. The molecule has 36 heavy (non-hydrogen) atoms. The first-order valence-electron chi connectivity index (χ1n) is 10.9. The zero-order valence-corrected chi connectivity index (χ0v) is 21.0. The summed E-state index contributed by atoms with van der Waals surface area (Å²) in [5.74, 6) is 0.759. The highest BCUT2D eigenvalue weighted by Gasteiger charge is 2.22. The molecule has 0 saturated heterocycles. The number of hydrogen-bond donors (Lipinski definition) is 1. The van der Waals surface area contributed by atoms with Gasteiger partial charge in [-0.2, -0.15) is 0 Å². The number of halogens is 1. The van der Waals surface area contributed by atoms with E-state index in [9.17, 15) is 14.9 Å². The summed E-state index contributed by atoms with van der Waals surface area (Å²) in [6.07, 6.45) is -0.492. The molecule has 1 N–H and O–H groups in total. The molecule has 0 radical (unpaired) electrons. The molecule has 184 valence electrons. The number of non-ortho nitro benzene ring substituents is 1. The Hall–Kier alpha value is -3.89. The molecule has 0 bridgehead atoms. The fourth-order valence-electron chi connectivity index (χ4n) is 3.42. The highest BCUT2D eigenvalue weighted by molar-refractivity contribution is 7.99. The van der Waals surface area contributed by atoms with Crippen LogP contribution in [0.5, 0.6) is 5.75 Å². The van der Waals surface area contributed by atoms with E-state index in [0.29, 0.717) is 27.4 Å². The molecule has 1 amide bonds. The SMILES string of the molecule is Cc1ccc([N+](=O)[O-])cc1NC(=O)CSc1nnc(C(C)Oc2ccccc2Cl)n1-c1ccccc1. The third-order valence-corrected chi connectivity index (χ3v) is 6.46. The Balaban J connectivity index is 1.55. The number of rotatable bonds is 9. The lowest BCUT2D eigenvalue weighted by molar-refractivity contribution is -0.384. The summed E-state index contributed by atoms with van der Waals surface area (Å²) in [5, 5.41) is 23.4. The summed E-state index contributed by atoms with van der Waals surface area (Å²) in [7, 11) is 0. The van der Waals surface area contributed by atoms with Gasteiger partial charge in [0.05, 0.1) is 21.4 Å². The topological polar surface area (TPSA) is 112 Å². The number of carbonyl (C=O) groups is 1. The van der Waals surface area contributed by atoms with E-state index in [0.717, 1.165) is 11.3 Å². The Bertz CT molecular complexity index is 1400. The summed E-state index contributed by atoms with van der Waals surface area (Å²) in [6.45, 7) is 3.62. The molecule has 0 saturated carbocycles. The lowest BCUT2D eigenvalue weighted by Crippen LogP contribution is -2.16. The van der Waals surface area contributed by atoms with Crippen LogP contribution < -0.4 is 10.1 Å². The average Bonchev–Trinajstić information content (AvgIpc) is 3.30. The number of nitrogens with zero attached hydrogens (tertiary/aromatic N) is 4. The van der Waals surface area contributed by atoms with Crippen LogP contribution in [0.1, 0.15) is 24.4 Å². The Morgan fingerprint density at radius 1 is 1.14 bits per heavy atom. The van der Waals surface area contributed by atoms with Gasteiger partial charge in [-0.1, -0.05) is 59.8 Å². The predicted octanol–water partition coefficient (Wildman–Crippen LogP) is 6.01. The Morgan fingerprint density at radius 3 is 2.58 bits per heavy atom. The number of hydrogen-bond acceptors (Lipinski definition) is 7. The molecule has 0 fully saturated rings. The average molecular weight is 524 g/mol. The van der Waals surface area contributed by atoms with Gasteiger partial charge in [0.25, 0.3) is 5.69 Å². The van der Waals surface area contributed by atoms with Crippen molar-refractivity contribution >= 4 is 40.6 Å². The third-order valence-electron chi connectivity index (χ3n) is 5.22. The second kappa shape index (κ2) is 11.2. The monoisotopic (exact) mass is 523 g/mol. The number of nitro groups is 1. The minimum atomic E-state index is -0.500. The Labute approximate surface area is 216 Å². The van der Waals surface area contributed by atoms with Crippen LogP contribution in [0.4, 0.5) is 11.4 Å². The van der Waals surface area contributed by atoms with Crippen LogP contribution >= 0.6 is 23.4 Å². The van der Waals surface area contributed by atoms with Crippen LogP contribution in [-0.2, 0) is 4.79 Å². The van der Waals surface area contributed by atoms with Gasteiger partial charge in [0.15, 0.2) is 17.1 Å². The molecule has 4 aromatic rings. The highest BCUT2D eigenvalue weighted by Crippen LogP contribution is 2.31. The van der Waals surface area contributed by atoms with Crippen LogP contribution in [0, 0.1) is 17.0 Å². The zero-order valence-electron chi connectivity index (χ0n) is 19.4. The highest BCUT2D eigenvalue weighted by atomic mass is 35.5. The second-order valence-corrected chi connectivity index (χ2v) is 9.15. The van der Waals surface area contributed by atoms with Crippen molar-refractivity contribution in [3.05, 3.63) is 99.3 Å². The van der Waals surface area contributed by atoms with E-state index in [4.69, 9.17) is 16.3 Å². The van der Waals surface area contributed by atoms with Crippen LogP contribution in [0.25, 0.3) is 5.69 Å². The van der Waals surface area contributed by atoms with Gasteiger partial charge in [0.1, 0.15) is 5.75 Å². The van der Waals surface area contributed by atoms with E-state index in [1.807, 2.05) is 54.0 Å².